The lowest BCUT2D eigenvalue weighted by Crippen LogP contribution is -2.35. The molecule has 0 bridgehead atoms. The third kappa shape index (κ3) is 3.51. The predicted octanol–water partition coefficient (Wildman–Crippen LogP) is 2.90. The second-order valence-corrected chi connectivity index (χ2v) is 6.01. The van der Waals surface area contributed by atoms with Crippen molar-refractivity contribution in [2.45, 2.75) is 31.9 Å². The van der Waals surface area contributed by atoms with Crippen molar-refractivity contribution < 1.29 is 9.84 Å². The minimum atomic E-state index is -0.477. The Bertz CT molecular complexity index is 583. The summed E-state index contributed by atoms with van der Waals surface area (Å²) in [5.41, 5.74) is 2.34. The molecule has 2 atom stereocenters. The van der Waals surface area contributed by atoms with Crippen molar-refractivity contribution in [1.82, 2.24) is 9.88 Å². The van der Waals surface area contributed by atoms with Crippen LogP contribution >= 0.6 is 0 Å². The van der Waals surface area contributed by atoms with Crippen LogP contribution in [0.2, 0.25) is 0 Å². The van der Waals surface area contributed by atoms with Crippen LogP contribution in [0, 0.1) is 6.92 Å². The van der Waals surface area contributed by atoms with Crippen molar-refractivity contribution in [3.05, 3.63) is 53.9 Å². The molecule has 22 heavy (non-hydrogen) atoms. The Kier molecular flexibility index (Phi) is 4.80. The largest absolute Gasteiger partial charge is 0.491 e. The molecular weight excluding hydrogens is 276 g/mol. The van der Waals surface area contributed by atoms with Crippen molar-refractivity contribution >= 4 is 0 Å². The Labute approximate surface area is 131 Å². The van der Waals surface area contributed by atoms with Gasteiger partial charge in [-0.25, -0.2) is 0 Å². The van der Waals surface area contributed by atoms with Gasteiger partial charge < -0.3 is 14.8 Å². The van der Waals surface area contributed by atoms with E-state index < -0.39 is 6.10 Å². The van der Waals surface area contributed by atoms with Crippen LogP contribution in [0.3, 0.4) is 0 Å². The van der Waals surface area contributed by atoms with E-state index in [-0.39, 0.29) is 0 Å². The average molecular weight is 300 g/mol. The van der Waals surface area contributed by atoms with Gasteiger partial charge in [-0.15, -0.1) is 0 Å². The highest BCUT2D eigenvalue weighted by Gasteiger charge is 2.28. The number of nitrogens with one attached hydrogen (secondary N) is 1. The Morgan fingerprint density at radius 1 is 1.32 bits per heavy atom. The van der Waals surface area contributed by atoms with Crippen molar-refractivity contribution in [1.29, 1.82) is 0 Å². The molecule has 3 rings (SSSR count). The second-order valence-electron chi connectivity index (χ2n) is 6.01. The van der Waals surface area contributed by atoms with Crippen LogP contribution in [-0.2, 0) is 0 Å². The Hall–Kier alpha value is -1.78. The molecule has 2 unspecified atom stereocenters. The van der Waals surface area contributed by atoms with Gasteiger partial charge in [0.15, 0.2) is 0 Å². The number of aromatic nitrogens is 1. The van der Waals surface area contributed by atoms with Gasteiger partial charge in [0.2, 0.25) is 0 Å². The van der Waals surface area contributed by atoms with Gasteiger partial charge >= 0.3 is 0 Å². The molecule has 2 aromatic rings. The molecule has 1 fully saturated rings. The molecule has 0 amide bonds. The van der Waals surface area contributed by atoms with E-state index >= 15 is 0 Å². The van der Waals surface area contributed by atoms with Crippen LogP contribution in [0.1, 0.15) is 30.1 Å². The van der Waals surface area contributed by atoms with Gasteiger partial charge in [0.1, 0.15) is 18.5 Å². The Balaban J connectivity index is 1.53. The number of β-amino-alcohol motifs (C(OH)–C–C–N with tert-alkyl or cyclic N) is 1. The Morgan fingerprint density at radius 3 is 2.95 bits per heavy atom. The summed E-state index contributed by atoms with van der Waals surface area (Å²) >= 11 is 0. The molecule has 0 spiro atoms. The maximum Gasteiger partial charge on any atom is 0.122 e. The molecule has 1 aliphatic rings. The van der Waals surface area contributed by atoms with E-state index in [0.717, 1.165) is 24.3 Å². The number of nitrogens with zero attached hydrogens (tertiary/aromatic N) is 1. The quantitative estimate of drug-likeness (QED) is 0.862. The number of rotatable bonds is 6. The molecule has 1 aromatic carbocycles. The number of aliphatic hydroxyl groups excluding tert-OH is 1. The van der Waals surface area contributed by atoms with Gasteiger partial charge in [-0.1, -0.05) is 18.2 Å². The van der Waals surface area contributed by atoms with Gasteiger partial charge in [0.05, 0.1) is 0 Å². The molecule has 4 nitrogen and oxygen atoms in total. The fraction of sp³-hybridized carbons (Fsp3) is 0.444. The second kappa shape index (κ2) is 6.99. The van der Waals surface area contributed by atoms with Crippen molar-refractivity contribution in [3.63, 3.8) is 0 Å². The summed E-state index contributed by atoms with van der Waals surface area (Å²) in [6.45, 7) is 4.03. The zero-order valence-corrected chi connectivity index (χ0v) is 13.0. The van der Waals surface area contributed by atoms with Gasteiger partial charge in [-0.2, -0.15) is 0 Å². The van der Waals surface area contributed by atoms with Crippen LogP contribution in [0.4, 0.5) is 0 Å². The van der Waals surface area contributed by atoms with E-state index in [4.69, 9.17) is 4.74 Å². The number of hydrogen-bond donors (Lipinski definition) is 2. The number of ether oxygens (including phenoxy) is 1. The number of benzene rings is 1. The first-order valence-electron chi connectivity index (χ1n) is 7.98. The lowest BCUT2D eigenvalue weighted by Gasteiger charge is -2.26. The lowest BCUT2D eigenvalue weighted by molar-refractivity contribution is 0.0631. The minimum absolute atomic E-state index is 0.332. The third-order valence-corrected chi connectivity index (χ3v) is 4.31. The topological polar surface area (TPSA) is 48.5 Å². The molecule has 0 saturated carbocycles. The molecule has 1 aromatic heterocycles. The number of aryl methyl sites for hydroxylation is 1. The lowest BCUT2D eigenvalue weighted by atomic mass is 10.1. The Morgan fingerprint density at radius 2 is 2.18 bits per heavy atom. The monoisotopic (exact) mass is 300 g/mol. The number of likely N-dealkylation sites (tertiary alicyclic amines) is 1. The highest BCUT2D eigenvalue weighted by atomic mass is 16.5. The number of hydrogen-bond acceptors (Lipinski definition) is 3. The molecule has 118 valence electrons. The van der Waals surface area contributed by atoms with Crippen LogP contribution < -0.4 is 4.74 Å². The summed E-state index contributed by atoms with van der Waals surface area (Å²) in [6, 6.07) is 12.5. The highest BCUT2D eigenvalue weighted by molar-refractivity contribution is 5.31. The van der Waals surface area contributed by atoms with Crippen molar-refractivity contribution in [2.75, 3.05) is 19.7 Å². The first kappa shape index (κ1) is 15.1. The van der Waals surface area contributed by atoms with E-state index in [2.05, 4.69) is 16.0 Å². The summed E-state index contributed by atoms with van der Waals surface area (Å²) in [5.74, 6) is 0.851. The van der Waals surface area contributed by atoms with Gasteiger partial charge in [0.25, 0.3) is 0 Å². The van der Waals surface area contributed by atoms with E-state index in [1.165, 1.54) is 12.1 Å². The van der Waals surface area contributed by atoms with Crippen LogP contribution in [0.5, 0.6) is 5.75 Å². The van der Waals surface area contributed by atoms with Crippen molar-refractivity contribution in [3.8, 4) is 5.75 Å². The number of aromatic amines is 1. The molecule has 0 radical (unpaired) electrons. The van der Waals surface area contributed by atoms with E-state index in [0.29, 0.717) is 19.2 Å². The SMILES string of the molecule is Cc1ccccc1OCC(O)CN1CCCC1c1ccc[nH]1. The molecule has 4 heteroatoms. The van der Waals surface area contributed by atoms with E-state index in [1.807, 2.05) is 43.5 Å². The smallest absolute Gasteiger partial charge is 0.122 e. The average Bonchev–Trinajstić information content (AvgIpc) is 3.17. The molecule has 1 aliphatic heterocycles. The summed E-state index contributed by atoms with van der Waals surface area (Å²) in [4.78, 5) is 5.64. The normalized spacial score (nSPS) is 20.2. The maximum absolute atomic E-state index is 10.3. The molecule has 0 aliphatic carbocycles. The standard InChI is InChI=1S/C18H24N2O2/c1-14-6-2-3-9-18(14)22-13-15(21)12-20-11-5-8-17(20)16-7-4-10-19-16/h2-4,6-7,9-10,15,17,19,21H,5,8,11-13H2,1H3. The number of aliphatic hydroxyl groups is 1. The van der Waals surface area contributed by atoms with Crippen LogP contribution in [0.15, 0.2) is 42.6 Å². The first-order chi connectivity index (χ1) is 10.7. The molecular formula is C18H24N2O2. The molecule has 1 saturated heterocycles. The fourth-order valence-electron chi connectivity index (χ4n) is 3.18. The van der Waals surface area contributed by atoms with Crippen molar-refractivity contribution in [2.24, 2.45) is 0 Å². The van der Waals surface area contributed by atoms with Gasteiger partial charge in [0, 0.05) is 24.5 Å². The molecule has 2 N–H and O–H groups in total. The first-order valence-corrected chi connectivity index (χ1v) is 7.98. The summed E-state index contributed by atoms with van der Waals surface area (Å²) < 4.78 is 5.75. The highest BCUT2D eigenvalue weighted by Crippen LogP contribution is 2.30. The maximum atomic E-state index is 10.3. The summed E-state index contributed by atoms with van der Waals surface area (Å²) in [6.07, 6.45) is 3.81. The van der Waals surface area contributed by atoms with Crippen LogP contribution in [-0.4, -0.2) is 40.8 Å². The van der Waals surface area contributed by atoms with E-state index in [1.54, 1.807) is 0 Å². The summed E-state index contributed by atoms with van der Waals surface area (Å²) in [5, 5.41) is 10.3. The van der Waals surface area contributed by atoms with Gasteiger partial charge in [-0.3, -0.25) is 4.90 Å². The van der Waals surface area contributed by atoms with Gasteiger partial charge in [-0.05, 0) is 50.1 Å². The molecule has 2 heterocycles. The minimum Gasteiger partial charge on any atom is -0.491 e. The van der Waals surface area contributed by atoms with Crippen LogP contribution in [0.25, 0.3) is 0 Å². The zero-order valence-electron chi connectivity index (χ0n) is 13.0. The number of para-hydroxylation sites is 1. The number of H-pyrrole nitrogens is 1. The predicted molar refractivity (Wildman–Crippen MR) is 87.0 cm³/mol. The van der Waals surface area contributed by atoms with E-state index in [9.17, 15) is 5.11 Å². The fourth-order valence-corrected chi connectivity index (χ4v) is 3.18. The zero-order chi connectivity index (χ0) is 15.4. The third-order valence-electron chi connectivity index (χ3n) is 4.31. The summed E-state index contributed by atoms with van der Waals surface area (Å²) in [7, 11) is 0.